The van der Waals surface area contributed by atoms with Gasteiger partial charge in [-0.2, -0.15) is 4.98 Å². The number of amides is 1. The van der Waals surface area contributed by atoms with Crippen molar-refractivity contribution < 1.29 is 23.2 Å². The molecule has 1 N–H and O–H groups in total. The highest BCUT2D eigenvalue weighted by Crippen LogP contribution is 2.28. The third-order valence-corrected chi connectivity index (χ3v) is 4.39. The summed E-state index contributed by atoms with van der Waals surface area (Å²) in [6.45, 7) is 1.19. The van der Waals surface area contributed by atoms with Crippen molar-refractivity contribution in [3.63, 3.8) is 0 Å². The molecule has 7 nitrogen and oxygen atoms in total. The van der Waals surface area contributed by atoms with Crippen molar-refractivity contribution in [1.82, 2.24) is 15.5 Å². The van der Waals surface area contributed by atoms with Crippen LogP contribution in [0.4, 0.5) is 4.39 Å². The minimum Gasteiger partial charge on any atom is -0.454 e. The minimum absolute atomic E-state index is 0.0869. The molecule has 1 amide bonds. The summed E-state index contributed by atoms with van der Waals surface area (Å²) in [6, 6.07) is 5.00. The Kier molecular flexibility index (Phi) is 5.60. The predicted molar refractivity (Wildman–Crippen MR) is 89.1 cm³/mol. The van der Waals surface area contributed by atoms with Crippen LogP contribution in [0.25, 0.3) is 11.4 Å². The molecule has 0 spiro atoms. The van der Waals surface area contributed by atoms with Crippen molar-refractivity contribution in [2.24, 2.45) is 5.92 Å². The second-order valence-electron chi connectivity index (χ2n) is 6.35. The molecule has 1 aliphatic carbocycles. The summed E-state index contributed by atoms with van der Waals surface area (Å²) in [5, 5.41) is 6.47. The van der Waals surface area contributed by atoms with Crippen LogP contribution in [0.5, 0.6) is 0 Å². The molecule has 26 heavy (non-hydrogen) atoms. The maximum atomic E-state index is 13.0. The number of aromatic nitrogens is 2. The SMILES string of the molecule is CC(=O)N[C@H](C(=O)OCc1nc(-c2ccc(F)cc2)no1)C1CCCC1. The Labute approximate surface area is 149 Å². The van der Waals surface area contributed by atoms with E-state index < -0.39 is 12.0 Å². The molecular formula is C18H20FN3O4. The lowest BCUT2D eigenvalue weighted by Crippen LogP contribution is -2.45. The fraction of sp³-hybridized carbons (Fsp3) is 0.444. The molecule has 1 atom stereocenters. The van der Waals surface area contributed by atoms with Gasteiger partial charge in [-0.1, -0.05) is 18.0 Å². The number of hydrogen-bond acceptors (Lipinski definition) is 6. The highest BCUT2D eigenvalue weighted by molar-refractivity contribution is 5.83. The number of rotatable bonds is 6. The van der Waals surface area contributed by atoms with E-state index in [4.69, 9.17) is 9.26 Å². The first-order valence-corrected chi connectivity index (χ1v) is 8.55. The van der Waals surface area contributed by atoms with Gasteiger partial charge in [-0.05, 0) is 43.0 Å². The molecule has 8 heteroatoms. The molecular weight excluding hydrogens is 341 g/mol. The number of nitrogens with one attached hydrogen (secondary N) is 1. The molecule has 1 aliphatic rings. The summed E-state index contributed by atoms with van der Waals surface area (Å²) < 4.78 is 23.3. The van der Waals surface area contributed by atoms with Crippen molar-refractivity contribution in [3.8, 4) is 11.4 Å². The summed E-state index contributed by atoms with van der Waals surface area (Å²) in [4.78, 5) is 27.9. The highest BCUT2D eigenvalue weighted by atomic mass is 19.1. The number of carbonyl (C=O) groups is 2. The van der Waals surface area contributed by atoms with Gasteiger partial charge in [-0.15, -0.1) is 0 Å². The van der Waals surface area contributed by atoms with Gasteiger partial charge in [0, 0.05) is 12.5 Å². The van der Waals surface area contributed by atoms with Crippen LogP contribution in [-0.2, 0) is 20.9 Å². The van der Waals surface area contributed by atoms with E-state index in [0.717, 1.165) is 25.7 Å². The quantitative estimate of drug-likeness (QED) is 0.795. The van der Waals surface area contributed by atoms with E-state index in [1.165, 1.54) is 31.2 Å². The summed E-state index contributed by atoms with van der Waals surface area (Å²) in [5.41, 5.74) is 0.592. The van der Waals surface area contributed by atoms with Crippen molar-refractivity contribution in [3.05, 3.63) is 36.0 Å². The van der Waals surface area contributed by atoms with Crippen molar-refractivity contribution in [2.45, 2.75) is 45.3 Å². The molecule has 0 radical (unpaired) electrons. The van der Waals surface area contributed by atoms with E-state index in [-0.39, 0.29) is 36.0 Å². The molecule has 3 rings (SSSR count). The average Bonchev–Trinajstić information content (AvgIpc) is 3.30. The molecule has 0 aliphatic heterocycles. The Bertz CT molecular complexity index is 769. The normalized spacial score (nSPS) is 15.6. The van der Waals surface area contributed by atoms with Gasteiger partial charge in [0.25, 0.3) is 5.89 Å². The third-order valence-electron chi connectivity index (χ3n) is 4.39. The number of halogens is 1. The van der Waals surface area contributed by atoms with Gasteiger partial charge < -0.3 is 14.6 Å². The molecule has 1 heterocycles. The van der Waals surface area contributed by atoms with Crippen LogP contribution in [0.3, 0.4) is 0 Å². The molecule has 1 fully saturated rings. The second-order valence-corrected chi connectivity index (χ2v) is 6.35. The fourth-order valence-electron chi connectivity index (χ4n) is 3.13. The van der Waals surface area contributed by atoms with Crippen LogP contribution >= 0.6 is 0 Å². The van der Waals surface area contributed by atoms with E-state index in [1.807, 2.05) is 0 Å². The van der Waals surface area contributed by atoms with Crippen molar-refractivity contribution >= 4 is 11.9 Å². The van der Waals surface area contributed by atoms with Gasteiger partial charge in [0.05, 0.1) is 0 Å². The maximum Gasteiger partial charge on any atom is 0.329 e. The van der Waals surface area contributed by atoms with E-state index in [1.54, 1.807) is 0 Å². The van der Waals surface area contributed by atoms with Crippen LogP contribution in [0, 0.1) is 11.7 Å². The Morgan fingerprint density at radius 2 is 2.00 bits per heavy atom. The lowest BCUT2D eigenvalue weighted by molar-refractivity contribution is -0.151. The lowest BCUT2D eigenvalue weighted by atomic mass is 9.98. The van der Waals surface area contributed by atoms with Gasteiger partial charge in [-0.25, -0.2) is 9.18 Å². The molecule has 0 bridgehead atoms. The molecule has 0 unspecified atom stereocenters. The van der Waals surface area contributed by atoms with Crippen molar-refractivity contribution in [1.29, 1.82) is 0 Å². The summed E-state index contributed by atoms with van der Waals surface area (Å²) in [7, 11) is 0. The number of benzene rings is 1. The lowest BCUT2D eigenvalue weighted by Gasteiger charge is -2.21. The van der Waals surface area contributed by atoms with Gasteiger partial charge in [0.15, 0.2) is 6.61 Å². The van der Waals surface area contributed by atoms with E-state index in [0.29, 0.717) is 5.56 Å². The predicted octanol–water partition coefficient (Wildman–Crippen LogP) is 2.61. The zero-order valence-electron chi connectivity index (χ0n) is 14.4. The van der Waals surface area contributed by atoms with Crippen LogP contribution in [0.2, 0.25) is 0 Å². The van der Waals surface area contributed by atoms with Crippen LogP contribution in [-0.4, -0.2) is 28.1 Å². The summed E-state index contributed by atoms with van der Waals surface area (Å²) in [6.07, 6.45) is 3.85. The Morgan fingerprint density at radius 3 is 2.65 bits per heavy atom. The van der Waals surface area contributed by atoms with Gasteiger partial charge in [-0.3, -0.25) is 4.79 Å². The largest absolute Gasteiger partial charge is 0.454 e. The molecule has 1 aromatic carbocycles. The van der Waals surface area contributed by atoms with Crippen molar-refractivity contribution in [2.75, 3.05) is 0 Å². The standard InChI is InChI=1S/C18H20FN3O4/c1-11(23)20-16(12-4-2-3-5-12)18(24)25-10-15-21-17(22-26-15)13-6-8-14(19)9-7-13/h6-9,12,16H,2-5,10H2,1H3,(H,20,23)/t16-/m0/s1. The average molecular weight is 361 g/mol. The van der Waals surface area contributed by atoms with E-state index >= 15 is 0 Å². The molecule has 138 valence electrons. The molecule has 2 aromatic rings. The zero-order valence-corrected chi connectivity index (χ0v) is 14.4. The van der Waals surface area contributed by atoms with Gasteiger partial charge >= 0.3 is 5.97 Å². The monoisotopic (exact) mass is 361 g/mol. The minimum atomic E-state index is -0.658. The highest BCUT2D eigenvalue weighted by Gasteiger charge is 2.32. The zero-order chi connectivity index (χ0) is 18.5. The number of nitrogens with zero attached hydrogens (tertiary/aromatic N) is 2. The molecule has 1 saturated carbocycles. The maximum absolute atomic E-state index is 13.0. The van der Waals surface area contributed by atoms with Crippen LogP contribution in [0.15, 0.2) is 28.8 Å². The first kappa shape index (κ1) is 18.0. The number of ether oxygens (including phenoxy) is 1. The number of esters is 1. The van der Waals surface area contributed by atoms with E-state index in [9.17, 15) is 14.0 Å². The first-order chi connectivity index (χ1) is 12.5. The summed E-state index contributed by atoms with van der Waals surface area (Å²) in [5.74, 6) is -0.633. The summed E-state index contributed by atoms with van der Waals surface area (Å²) >= 11 is 0. The number of hydrogen-bond donors (Lipinski definition) is 1. The fourth-order valence-corrected chi connectivity index (χ4v) is 3.13. The molecule has 1 aromatic heterocycles. The Hall–Kier alpha value is -2.77. The van der Waals surface area contributed by atoms with Crippen LogP contribution in [0.1, 0.15) is 38.5 Å². The van der Waals surface area contributed by atoms with E-state index in [2.05, 4.69) is 15.5 Å². The van der Waals surface area contributed by atoms with Crippen LogP contribution < -0.4 is 5.32 Å². The van der Waals surface area contributed by atoms with Gasteiger partial charge in [0.2, 0.25) is 11.7 Å². The Morgan fingerprint density at radius 1 is 1.31 bits per heavy atom. The molecule has 0 saturated heterocycles. The first-order valence-electron chi connectivity index (χ1n) is 8.55. The topological polar surface area (TPSA) is 94.3 Å². The van der Waals surface area contributed by atoms with Gasteiger partial charge in [0.1, 0.15) is 11.9 Å². The second kappa shape index (κ2) is 8.07. The third kappa shape index (κ3) is 4.44. The number of carbonyl (C=O) groups excluding carboxylic acids is 2. The smallest absolute Gasteiger partial charge is 0.329 e. The Balaban J connectivity index is 1.61.